The van der Waals surface area contributed by atoms with E-state index in [1.165, 1.54) is 12.1 Å². The second-order valence-electron chi connectivity index (χ2n) is 8.78. The Bertz CT molecular complexity index is 928. The number of hydrogen-bond acceptors (Lipinski definition) is 4. The number of likely N-dealkylation sites (tertiary alicyclic amines) is 1. The molecule has 4 rings (SSSR count). The van der Waals surface area contributed by atoms with E-state index in [-0.39, 0.29) is 23.4 Å². The summed E-state index contributed by atoms with van der Waals surface area (Å²) in [6, 6.07) is 12.0. The van der Waals surface area contributed by atoms with Gasteiger partial charge in [-0.25, -0.2) is 9.37 Å². The van der Waals surface area contributed by atoms with Gasteiger partial charge in [-0.05, 0) is 49.9 Å². The molecule has 2 saturated heterocycles. The summed E-state index contributed by atoms with van der Waals surface area (Å²) in [4.78, 5) is 34.1. The number of nitrogens with one attached hydrogen (secondary N) is 1. The van der Waals surface area contributed by atoms with Crippen LogP contribution < -0.4 is 10.2 Å². The molecule has 1 atom stereocenters. The van der Waals surface area contributed by atoms with Crippen LogP contribution >= 0.6 is 0 Å². The summed E-state index contributed by atoms with van der Waals surface area (Å²) in [6.07, 6.45) is 4.87. The number of nitrogens with zero attached hydrogens (tertiary/aromatic N) is 3. The number of amides is 2. The minimum Gasteiger partial charge on any atom is -0.355 e. The normalized spacial score (nSPS) is 20.9. The summed E-state index contributed by atoms with van der Waals surface area (Å²) in [5.74, 6) is 0.165. The summed E-state index contributed by atoms with van der Waals surface area (Å²) in [5.41, 5.74) is -0.438. The van der Waals surface area contributed by atoms with Crippen LogP contribution in [-0.2, 0) is 4.79 Å². The molecule has 1 aromatic heterocycles. The standard InChI is InChI=1S/C24H29FN4O2/c1-24(11-15-28(16-12-24)22(30)19-8-2-3-9-20(19)25)23(31)27-18-7-6-14-29(17-18)21-10-4-5-13-26-21/h2-5,8-10,13,18H,6-7,11-12,14-17H2,1H3,(H,27,31). The van der Waals surface area contributed by atoms with Gasteiger partial charge in [0.15, 0.2) is 0 Å². The summed E-state index contributed by atoms with van der Waals surface area (Å²) in [6.45, 7) is 4.54. The number of benzene rings is 1. The zero-order chi connectivity index (χ0) is 21.8. The molecule has 0 aliphatic carbocycles. The highest BCUT2D eigenvalue weighted by atomic mass is 19.1. The van der Waals surface area contributed by atoms with Crippen LogP contribution in [0.25, 0.3) is 0 Å². The van der Waals surface area contributed by atoms with Crippen molar-refractivity contribution in [1.82, 2.24) is 15.2 Å². The number of carbonyl (C=O) groups excluding carboxylic acids is 2. The van der Waals surface area contributed by atoms with E-state index < -0.39 is 11.2 Å². The number of carbonyl (C=O) groups is 2. The Morgan fingerprint density at radius 1 is 1.10 bits per heavy atom. The van der Waals surface area contributed by atoms with E-state index in [9.17, 15) is 14.0 Å². The molecule has 2 aliphatic rings. The van der Waals surface area contributed by atoms with E-state index in [0.717, 1.165) is 31.7 Å². The summed E-state index contributed by atoms with van der Waals surface area (Å²) < 4.78 is 14.0. The Morgan fingerprint density at radius 3 is 2.55 bits per heavy atom. The first-order valence-corrected chi connectivity index (χ1v) is 11.0. The number of pyridine rings is 1. The lowest BCUT2D eigenvalue weighted by Gasteiger charge is -2.40. The molecule has 2 fully saturated rings. The van der Waals surface area contributed by atoms with Gasteiger partial charge in [-0.3, -0.25) is 9.59 Å². The minimum absolute atomic E-state index is 0.0401. The van der Waals surface area contributed by atoms with Crippen molar-refractivity contribution in [3.63, 3.8) is 0 Å². The highest BCUT2D eigenvalue weighted by Gasteiger charge is 2.39. The fraction of sp³-hybridized carbons (Fsp3) is 0.458. The maximum Gasteiger partial charge on any atom is 0.256 e. The smallest absolute Gasteiger partial charge is 0.256 e. The average Bonchev–Trinajstić information content (AvgIpc) is 2.80. The fourth-order valence-electron chi connectivity index (χ4n) is 4.44. The van der Waals surface area contributed by atoms with Crippen LogP contribution in [0.4, 0.5) is 10.2 Å². The molecule has 2 amide bonds. The Labute approximate surface area is 182 Å². The molecule has 1 N–H and O–H groups in total. The highest BCUT2D eigenvalue weighted by Crippen LogP contribution is 2.32. The molecular formula is C24H29FN4O2. The Morgan fingerprint density at radius 2 is 1.84 bits per heavy atom. The highest BCUT2D eigenvalue weighted by molar-refractivity contribution is 5.94. The van der Waals surface area contributed by atoms with Crippen molar-refractivity contribution in [2.75, 3.05) is 31.1 Å². The zero-order valence-electron chi connectivity index (χ0n) is 17.9. The van der Waals surface area contributed by atoms with Crippen LogP contribution in [0.5, 0.6) is 0 Å². The molecule has 0 bridgehead atoms. The number of hydrogen-bond donors (Lipinski definition) is 1. The number of rotatable bonds is 4. The molecule has 31 heavy (non-hydrogen) atoms. The molecule has 3 heterocycles. The lowest BCUT2D eigenvalue weighted by atomic mass is 9.79. The van der Waals surface area contributed by atoms with Gasteiger partial charge in [-0.2, -0.15) is 0 Å². The molecule has 1 aromatic carbocycles. The van der Waals surface area contributed by atoms with E-state index in [2.05, 4.69) is 15.2 Å². The average molecular weight is 425 g/mol. The minimum atomic E-state index is -0.528. The van der Waals surface area contributed by atoms with Crippen LogP contribution in [0.2, 0.25) is 0 Å². The van der Waals surface area contributed by atoms with Gasteiger partial charge in [0.2, 0.25) is 5.91 Å². The number of halogens is 1. The Balaban J connectivity index is 1.33. The van der Waals surface area contributed by atoms with Crippen molar-refractivity contribution in [1.29, 1.82) is 0 Å². The van der Waals surface area contributed by atoms with Gasteiger partial charge < -0.3 is 15.1 Å². The van der Waals surface area contributed by atoms with Crippen LogP contribution in [0.15, 0.2) is 48.7 Å². The molecule has 0 saturated carbocycles. The summed E-state index contributed by atoms with van der Waals surface area (Å²) in [7, 11) is 0. The fourth-order valence-corrected chi connectivity index (χ4v) is 4.44. The van der Waals surface area contributed by atoms with Crippen LogP contribution in [0.3, 0.4) is 0 Å². The molecule has 1 unspecified atom stereocenters. The van der Waals surface area contributed by atoms with E-state index in [4.69, 9.17) is 0 Å². The summed E-state index contributed by atoms with van der Waals surface area (Å²) >= 11 is 0. The van der Waals surface area contributed by atoms with Gasteiger partial charge in [0, 0.05) is 43.8 Å². The van der Waals surface area contributed by atoms with Crippen molar-refractivity contribution in [3.8, 4) is 0 Å². The van der Waals surface area contributed by atoms with Gasteiger partial charge >= 0.3 is 0 Å². The first kappa shape index (κ1) is 21.3. The lowest BCUT2D eigenvalue weighted by molar-refractivity contribution is -0.133. The maximum atomic E-state index is 14.0. The van der Waals surface area contributed by atoms with E-state index in [1.54, 1.807) is 23.2 Å². The number of aromatic nitrogens is 1. The third-order valence-corrected chi connectivity index (χ3v) is 6.54. The van der Waals surface area contributed by atoms with Gasteiger partial charge in [0.25, 0.3) is 5.91 Å². The van der Waals surface area contributed by atoms with Gasteiger partial charge in [-0.15, -0.1) is 0 Å². The molecule has 2 aliphatic heterocycles. The Kier molecular flexibility index (Phi) is 6.20. The van der Waals surface area contributed by atoms with E-state index in [0.29, 0.717) is 25.9 Å². The molecule has 164 valence electrons. The molecule has 0 radical (unpaired) electrons. The number of anilines is 1. The Hall–Kier alpha value is -2.96. The largest absolute Gasteiger partial charge is 0.355 e. The second-order valence-corrected chi connectivity index (χ2v) is 8.78. The predicted molar refractivity (Wildman–Crippen MR) is 117 cm³/mol. The molecule has 2 aromatic rings. The maximum absolute atomic E-state index is 14.0. The van der Waals surface area contributed by atoms with Crippen LogP contribution in [0, 0.1) is 11.2 Å². The van der Waals surface area contributed by atoms with Gasteiger partial charge in [-0.1, -0.05) is 25.1 Å². The van der Waals surface area contributed by atoms with Gasteiger partial charge in [0.05, 0.1) is 5.56 Å². The topological polar surface area (TPSA) is 65.5 Å². The van der Waals surface area contributed by atoms with E-state index >= 15 is 0 Å². The SMILES string of the molecule is CC1(C(=O)NC2CCCN(c3ccccn3)C2)CCN(C(=O)c2ccccc2F)CC1. The third kappa shape index (κ3) is 4.70. The first-order valence-electron chi connectivity index (χ1n) is 11.0. The van der Waals surface area contributed by atoms with Crippen molar-refractivity contribution < 1.29 is 14.0 Å². The molecular weight excluding hydrogens is 395 g/mol. The second kappa shape index (κ2) is 9.04. The lowest BCUT2D eigenvalue weighted by Crippen LogP contribution is -2.54. The number of piperidine rings is 2. The first-order chi connectivity index (χ1) is 15.0. The molecule has 7 heteroatoms. The van der Waals surface area contributed by atoms with Crippen LogP contribution in [0.1, 0.15) is 43.0 Å². The predicted octanol–water partition coefficient (Wildman–Crippen LogP) is 3.25. The molecule has 0 spiro atoms. The van der Waals surface area contributed by atoms with Crippen molar-refractivity contribution in [2.24, 2.45) is 5.41 Å². The van der Waals surface area contributed by atoms with Crippen LogP contribution in [-0.4, -0.2) is 53.9 Å². The monoisotopic (exact) mass is 424 g/mol. The van der Waals surface area contributed by atoms with Crippen molar-refractivity contribution >= 4 is 17.6 Å². The summed E-state index contributed by atoms with van der Waals surface area (Å²) in [5, 5.41) is 3.24. The van der Waals surface area contributed by atoms with Crippen molar-refractivity contribution in [3.05, 3.63) is 60.0 Å². The molecule has 6 nitrogen and oxygen atoms in total. The third-order valence-electron chi connectivity index (χ3n) is 6.54. The van der Waals surface area contributed by atoms with Gasteiger partial charge in [0.1, 0.15) is 11.6 Å². The van der Waals surface area contributed by atoms with Crippen molar-refractivity contribution in [2.45, 2.75) is 38.6 Å². The van der Waals surface area contributed by atoms with E-state index in [1.807, 2.05) is 25.1 Å². The zero-order valence-corrected chi connectivity index (χ0v) is 17.9. The quantitative estimate of drug-likeness (QED) is 0.818.